The summed E-state index contributed by atoms with van der Waals surface area (Å²) in [7, 11) is 0. The topological polar surface area (TPSA) is 0 Å². The third-order valence-corrected chi connectivity index (χ3v) is 41.2. The fraction of sp³-hybridized carbons (Fsp3) is 0.535. The first-order valence-corrected chi connectivity index (χ1v) is 53.2. The van der Waals surface area contributed by atoms with Crippen LogP contribution in [0.15, 0.2) is 127 Å². The van der Waals surface area contributed by atoms with Gasteiger partial charge in [0, 0.05) is 54.1 Å². The number of benzene rings is 10. The first-order valence-electron chi connectivity index (χ1n) is 53.2. The fourth-order valence-electron chi connectivity index (χ4n) is 35.0. The lowest BCUT2D eigenvalue weighted by molar-refractivity contribution is 0.298. The highest BCUT2D eigenvalue weighted by molar-refractivity contribution is 5.87. The molecule has 10 saturated carbocycles. The minimum atomic E-state index is 0.375. The van der Waals surface area contributed by atoms with Gasteiger partial charge in [0.1, 0.15) is 0 Å². The first kappa shape index (κ1) is 87.8. The van der Waals surface area contributed by atoms with Gasteiger partial charge in [0.15, 0.2) is 0 Å². The van der Waals surface area contributed by atoms with Crippen LogP contribution in [0.3, 0.4) is 0 Å². The van der Waals surface area contributed by atoms with Gasteiger partial charge in [-0.25, -0.2) is 0 Å². The molecule has 0 aromatic heterocycles. The predicted molar refractivity (Wildman–Crippen MR) is 551 cm³/mol. The summed E-state index contributed by atoms with van der Waals surface area (Å²) in [6.07, 6.45) is 49.1. The fourth-order valence-corrected chi connectivity index (χ4v) is 35.0. The molecule has 0 aliphatic heterocycles. The van der Waals surface area contributed by atoms with Gasteiger partial charge in [-0.3, -0.25) is 0 Å². The second-order valence-electron chi connectivity index (χ2n) is 47.3. The molecule has 15 aliphatic rings. The zero-order valence-corrected chi connectivity index (χ0v) is 84.2. The van der Waals surface area contributed by atoms with E-state index in [1.165, 1.54) is 313 Å². The first-order chi connectivity index (χ1) is 61.9. The van der Waals surface area contributed by atoms with Crippen molar-refractivity contribution in [1.82, 2.24) is 0 Å². The molecule has 0 heteroatoms. The van der Waals surface area contributed by atoms with Gasteiger partial charge in [-0.05, 0) is 494 Å². The highest BCUT2D eigenvalue weighted by Gasteiger charge is 2.69. The molecule has 10 fully saturated rings. The number of fused-ring (bicyclic) bond motifs is 15. The molecule has 0 spiro atoms. The van der Waals surface area contributed by atoms with E-state index in [9.17, 15) is 0 Å². The van der Waals surface area contributed by atoms with Crippen molar-refractivity contribution in [2.45, 2.75) is 431 Å². The summed E-state index contributed by atoms with van der Waals surface area (Å²) < 4.78 is 0. The molecule has 10 aromatic rings. The third kappa shape index (κ3) is 12.3. The molecule has 0 N–H and O–H groups in total. The van der Waals surface area contributed by atoms with Crippen LogP contribution in [0.25, 0.3) is 55.6 Å². The Morgan fingerprint density at radius 3 is 0.620 bits per heavy atom. The number of hydrogen-bond acceptors (Lipinski definition) is 0. The van der Waals surface area contributed by atoms with Crippen LogP contribution in [0, 0.1) is 116 Å². The second kappa shape index (κ2) is 31.7. The molecule has 0 bridgehead atoms. The molecular weight excluding hydrogens is 1550 g/mol. The van der Waals surface area contributed by atoms with Gasteiger partial charge in [0.05, 0.1) is 0 Å². The molecule has 0 amide bonds. The summed E-state index contributed by atoms with van der Waals surface area (Å²) in [5, 5.41) is 0. The van der Waals surface area contributed by atoms with E-state index in [-0.39, 0.29) is 0 Å². The Kier molecular flexibility index (Phi) is 21.6. The number of aryl methyl sites for hydroxylation is 19. The van der Waals surface area contributed by atoms with Gasteiger partial charge in [-0.1, -0.05) is 239 Å². The molecule has 0 saturated heterocycles. The molecule has 0 nitrogen and oxygen atoms in total. The smallest absolute Gasteiger partial charge is 0.00615 e. The Morgan fingerprint density at radius 1 is 0.202 bits per heavy atom. The van der Waals surface area contributed by atoms with Crippen LogP contribution in [0.4, 0.5) is 0 Å². The normalized spacial score (nSPS) is 29.7. The number of unbranched alkanes of at least 4 members (excludes halogenated alkanes) is 2. The molecule has 0 radical (unpaired) electrons. The molecule has 674 valence electrons. The van der Waals surface area contributed by atoms with E-state index in [4.69, 9.17) is 0 Å². The summed E-state index contributed by atoms with van der Waals surface area (Å²) in [5.41, 5.74) is 65.2. The molecule has 10 aromatic carbocycles. The van der Waals surface area contributed by atoms with E-state index in [0.717, 1.165) is 24.7 Å². The van der Waals surface area contributed by atoms with E-state index in [0.29, 0.717) is 54.1 Å². The van der Waals surface area contributed by atoms with Crippen molar-refractivity contribution in [2.75, 3.05) is 0 Å². The third-order valence-electron chi connectivity index (χ3n) is 41.2. The maximum Gasteiger partial charge on any atom is 0.00615 e. The Bertz CT molecular complexity index is 5730. The summed E-state index contributed by atoms with van der Waals surface area (Å²) in [6, 6.07) is 53.5. The Morgan fingerprint density at radius 2 is 0.388 bits per heavy atom. The maximum atomic E-state index is 2.65. The molecule has 0 heterocycles. The predicted octanol–water partition coefficient (Wildman–Crippen LogP) is 35.0. The minimum absolute atomic E-state index is 0.375. The van der Waals surface area contributed by atoms with Gasteiger partial charge >= 0.3 is 0 Å². The SMILES string of the molecule is CCCCc1cc2c(cc1C)C13CCCC1(CCC3)c1cc(C)c(CCCC)cc1-2.CCc1cc2c(cc1C)C13CCCC1(CCC3)c1cc(C)c(CC)cc1-2.Cc1cc2c(cc1C)C13CCCC1(CCC3)c1cc(C)c(C)cc1-2.Cc1cc2c(cc1C)C13CCCC1(CCC3)c1cc(C)c(C)cc1-2.Cc1ccc2c(c1)C13CC(C)CC1(CC(C)C3)c1cc(C)c(C)cc1-2. The number of hydrogen-bond donors (Lipinski definition) is 0. The van der Waals surface area contributed by atoms with Gasteiger partial charge in [-0.15, -0.1) is 0 Å². The van der Waals surface area contributed by atoms with E-state index in [1.54, 1.807) is 122 Å². The Hall–Kier alpha value is -7.80. The van der Waals surface area contributed by atoms with Crippen LogP contribution in [0.2, 0.25) is 0 Å². The van der Waals surface area contributed by atoms with Gasteiger partial charge in [-0.2, -0.15) is 0 Å². The lowest BCUT2D eigenvalue weighted by Crippen LogP contribution is -2.43. The van der Waals surface area contributed by atoms with Crippen LogP contribution in [0.1, 0.15) is 408 Å². The van der Waals surface area contributed by atoms with Crippen molar-refractivity contribution < 1.29 is 0 Å². The quantitative estimate of drug-likeness (QED) is 0.142. The van der Waals surface area contributed by atoms with E-state index in [1.807, 2.05) is 0 Å². The van der Waals surface area contributed by atoms with Crippen LogP contribution in [0.5, 0.6) is 0 Å². The lowest BCUT2D eigenvalue weighted by Gasteiger charge is -2.48. The Balaban J connectivity index is 0.0000000980. The highest BCUT2D eigenvalue weighted by Crippen LogP contribution is 2.76. The van der Waals surface area contributed by atoms with E-state index in [2.05, 4.69) is 273 Å². The van der Waals surface area contributed by atoms with Crippen molar-refractivity contribution in [3.63, 3.8) is 0 Å². The summed E-state index contributed by atoms with van der Waals surface area (Å²) >= 11 is 0. The molecule has 129 heavy (non-hydrogen) atoms. The van der Waals surface area contributed by atoms with Gasteiger partial charge < -0.3 is 0 Å². The lowest BCUT2D eigenvalue weighted by atomic mass is 9.55. The van der Waals surface area contributed by atoms with E-state index >= 15 is 0 Å². The minimum Gasteiger partial charge on any atom is -0.0654 e. The second-order valence-corrected chi connectivity index (χ2v) is 47.3. The van der Waals surface area contributed by atoms with Crippen LogP contribution in [-0.2, 0) is 79.8 Å². The summed E-state index contributed by atoms with van der Waals surface area (Å²) in [5.74, 6) is 1.65. The molecule has 2 atom stereocenters. The van der Waals surface area contributed by atoms with Crippen molar-refractivity contribution in [2.24, 2.45) is 11.8 Å². The van der Waals surface area contributed by atoms with Crippen molar-refractivity contribution in [3.8, 4) is 55.6 Å². The Labute approximate surface area is 781 Å². The van der Waals surface area contributed by atoms with E-state index < -0.39 is 0 Å². The zero-order chi connectivity index (χ0) is 90.0. The summed E-state index contributed by atoms with van der Waals surface area (Å²) in [6.45, 7) is 48.8. The molecule has 15 aliphatic carbocycles. The average molecular weight is 1710 g/mol. The largest absolute Gasteiger partial charge is 0.0654 e. The molecular formula is C129H158. The van der Waals surface area contributed by atoms with Crippen molar-refractivity contribution in [3.05, 3.63) is 289 Å². The van der Waals surface area contributed by atoms with Crippen LogP contribution < -0.4 is 0 Å². The molecule has 2 unspecified atom stereocenters. The maximum absolute atomic E-state index is 2.65. The van der Waals surface area contributed by atoms with Gasteiger partial charge in [0.2, 0.25) is 0 Å². The average Bonchev–Trinajstić information content (AvgIpc) is 1.52. The van der Waals surface area contributed by atoms with Crippen LogP contribution >= 0.6 is 0 Å². The zero-order valence-electron chi connectivity index (χ0n) is 84.2. The van der Waals surface area contributed by atoms with Crippen LogP contribution in [-0.4, -0.2) is 0 Å². The standard InChI is InChI=1S/C30H40.C26H32.C25H30.2C24H28/c1-5-7-11-23-19-25-26-20-24(12-8-6-2)22(4)18-28(26)30-15-9-13-29(30,14-10-16-30)27(25)17-21(23)3;1-5-19-15-21-22-16-20(6-2)18(4)14-24(22)26-11-7-9-25(26,10-8-12-26)23(21)13-17(19)3;1-15-6-7-20-21-9-18(4)19(5)10-23(21)25-13-16(2)11-24(25,22(20)8-15)12-17(3)14-25;2*1-15-11-19-20-12-16(2)18(4)14-22(20)24-9-5-7-23(24,8-6-10-24)21(19)13-17(15)3/h17-20H,5-16H2,1-4H3;13-16H,5-12H2,1-4H3;6-10,16-17H,11-14H2,1-5H3;2*11-14H,5-10H2,1-4H3. The summed E-state index contributed by atoms with van der Waals surface area (Å²) in [4.78, 5) is 0. The van der Waals surface area contributed by atoms with Gasteiger partial charge in [0.25, 0.3) is 0 Å². The van der Waals surface area contributed by atoms with Crippen molar-refractivity contribution >= 4 is 0 Å². The van der Waals surface area contributed by atoms with Crippen molar-refractivity contribution in [1.29, 1.82) is 0 Å². The monoisotopic (exact) mass is 1710 g/mol. The highest BCUT2D eigenvalue weighted by atomic mass is 14.7. The number of rotatable bonds is 8. The molecule has 25 rings (SSSR count).